The molecule has 0 spiro atoms. The highest BCUT2D eigenvalue weighted by atomic mass is 16.2. The number of aryl methyl sites for hydroxylation is 1. The van der Waals surface area contributed by atoms with E-state index in [-0.39, 0.29) is 18.0 Å². The van der Waals surface area contributed by atoms with Gasteiger partial charge in [0.2, 0.25) is 0 Å². The summed E-state index contributed by atoms with van der Waals surface area (Å²) in [4.78, 5) is 29.3. The second kappa shape index (κ2) is 8.93. The predicted octanol–water partition coefficient (Wildman–Crippen LogP) is 5.02. The molecule has 1 heterocycles. The van der Waals surface area contributed by atoms with E-state index in [1.807, 2.05) is 69.4 Å². The van der Waals surface area contributed by atoms with Crippen molar-refractivity contribution in [2.45, 2.75) is 19.9 Å². The zero-order valence-corrected chi connectivity index (χ0v) is 18.2. The fraction of sp³-hybridized carbons (Fsp3) is 0.160. The number of benzene rings is 3. The first-order chi connectivity index (χ1) is 15.4. The molecule has 0 unspecified atom stereocenters. The van der Waals surface area contributed by atoms with Crippen LogP contribution in [0, 0.1) is 0 Å². The molecule has 0 aliphatic heterocycles. The van der Waals surface area contributed by atoms with E-state index in [2.05, 4.69) is 20.5 Å². The van der Waals surface area contributed by atoms with Gasteiger partial charge in [0.1, 0.15) is 5.82 Å². The monoisotopic (exact) mass is 427 g/mol. The van der Waals surface area contributed by atoms with Crippen LogP contribution in [0.5, 0.6) is 0 Å². The number of fused-ring (bicyclic) bond motifs is 1. The lowest BCUT2D eigenvalue weighted by atomic mass is 10.1. The van der Waals surface area contributed by atoms with E-state index in [1.54, 1.807) is 24.3 Å². The minimum Gasteiger partial charge on any atom is -0.336 e. The quantitative estimate of drug-likeness (QED) is 0.418. The van der Waals surface area contributed by atoms with Crippen LogP contribution in [0.15, 0.2) is 72.8 Å². The highest BCUT2D eigenvalue weighted by molar-refractivity contribution is 6.05. The van der Waals surface area contributed by atoms with Crippen LogP contribution in [0.25, 0.3) is 22.4 Å². The molecule has 3 amide bonds. The molecule has 0 aliphatic rings. The number of carbonyl (C=O) groups excluding carboxylic acids is 2. The van der Waals surface area contributed by atoms with Gasteiger partial charge < -0.3 is 20.5 Å². The summed E-state index contributed by atoms with van der Waals surface area (Å²) >= 11 is 0. The molecule has 3 aromatic carbocycles. The normalized spacial score (nSPS) is 10.9. The van der Waals surface area contributed by atoms with Crippen LogP contribution in [0.4, 0.5) is 16.2 Å². The molecule has 162 valence electrons. The van der Waals surface area contributed by atoms with Crippen LogP contribution in [0.2, 0.25) is 0 Å². The Morgan fingerprint density at radius 2 is 1.62 bits per heavy atom. The predicted molar refractivity (Wildman–Crippen MR) is 128 cm³/mol. The summed E-state index contributed by atoms with van der Waals surface area (Å²) in [6, 6.07) is 22.1. The second-order valence-electron chi connectivity index (χ2n) is 7.85. The molecular weight excluding hydrogens is 402 g/mol. The van der Waals surface area contributed by atoms with Crippen LogP contribution in [0.1, 0.15) is 24.2 Å². The van der Waals surface area contributed by atoms with E-state index in [0.717, 1.165) is 22.4 Å². The number of anilines is 2. The van der Waals surface area contributed by atoms with Crippen molar-refractivity contribution in [3.05, 3.63) is 78.4 Å². The molecule has 0 aliphatic carbocycles. The van der Waals surface area contributed by atoms with E-state index in [9.17, 15) is 9.59 Å². The van der Waals surface area contributed by atoms with Gasteiger partial charge in [-0.25, -0.2) is 9.78 Å². The second-order valence-corrected chi connectivity index (χ2v) is 7.85. The summed E-state index contributed by atoms with van der Waals surface area (Å²) in [5.41, 5.74) is 4.64. The maximum atomic E-state index is 12.7. The van der Waals surface area contributed by atoms with Crippen LogP contribution in [-0.2, 0) is 7.05 Å². The van der Waals surface area contributed by atoms with Crippen molar-refractivity contribution >= 4 is 34.3 Å². The van der Waals surface area contributed by atoms with Crippen molar-refractivity contribution in [2.24, 2.45) is 7.05 Å². The summed E-state index contributed by atoms with van der Waals surface area (Å²) in [6.45, 7) is 3.76. The minimum absolute atomic E-state index is 0.0219. The molecule has 0 bridgehead atoms. The third-order valence-corrected chi connectivity index (χ3v) is 4.99. The fourth-order valence-corrected chi connectivity index (χ4v) is 3.48. The van der Waals surface area contributed by atoms with Crippen molar-refractivity contribution in [3.8, 4) is 11.4 Å². The number of nitrogens with one attached hydrogen (secondary N) is 3. The van der Waals surface area contributed by atoms with Gasteiger partial charge in [-0.3, -0.25) is 4.79 Å². The van der Waals surface area contributed by atoms with Gasteiger partial charge in [-0.1, -0.05) is 18.2 Å². The van der Waals surface area contributed by atoms with E-state index in [1.165, 1.54) is 0 Å². The summed E-state index contributed by atoms with van der Waals surface area (Å²) in [7, 11) is 1.99. The average molecular weight is 428 g/mol. The van der Waals surface area contributed by atoms with E-state index < -0.39 is 0 Å². The van der Waals surface area contributed by atoms with Gasteiger partial charge in [0.15, 0.2) is 0 Å². The molecule has 32 heavy (non-hydrogen) atoms. The number of imidazole rings is 1. The molecule has 0 saturated carbocycles. The standard InChI is InChI=1S/C25H25N5O2/c1-16(2)26-25(32)28-20-8-6-7-18(15-20)24(31)27-19-13-11-17(12-14-19)23-29-21-9-4-5-10-22(21)30(23)3/h4-16H,1-3H3,(H,27,31)(H2,26,28,32). The number of rotatable bonds is 5. The zero-order valence-electron chi connectivity index (χ0n) is 18.2. The number of urea groups is 1. The largest absolute Gasteiger partial charge is 0.336 e. The number of hydrogen-bond donors (Lipinski definition) is 3. The SMILES string of the molecule is CC(C)NC(=O)Nc1cccc(C(=O)Nc2ccc(-c3nc4ccccc4n3C)cc2)c1. The van der Waals surface area contributed by atoms with Crippen molar-refractivity contribution in [3.63, 3.8) is 0 Å². The van der Waals surface area contributed by atoms with Gasteiger partial charge >= 0.3 is 6.03 Å². The summed E-state index contributed by atoms with van der Waals surface area (Å²) in [5.74, 6) is 0.607. The maximum absolute atomic E-state index is 12.7. The van der Waals surface area contributed by atoms with Crippen molar-refractivity contribution in [1.29, 1.82) is 0 Å². The average Bonchev–Trinajstić information content (AvgIpc) is 3.10. The van der Waals surface area contributed by atoms with Crippen molar-refractivity contribution in [2.75, 3.05) is 10.6 Å². The van der Waals surface area contributed by atoms with Gasteiger partial charge in [-0.15, -0.1) is 0 Å². The van der Waals surface area contributed by atoms with Gasteiger partial charge in [-0.2, -0.15) is 0 Å². The molecular formula is C25H25N5O2. The number of hydrogen-bond acceptors (Lipinski definition) is 3. The molecule has 4 rings (SSSR count). The molecule has 0 saturated heterocycles. The highest BCUT2D eigenvalue weighted by Crippen LogP contribution is 2.25. The molecule has 3 N–H and O–H groups in total. The Morgan fingerprint density at radius 1 is 0.875 bits per heavy atom. The molecule has 1 aromatic heterocycles. The number of para-hydroxylation sites is 2. The molecule has 0 atom stereocenters. The van der Waals surface area contributed by atoms with Crippen LogP contribution in [-0.4, -0.2) is 27.5 Å². The highest BCUT2D eigenvalue weighted by Gasteiger charge is 2.11. The number of nitrogens with zero attached hydrogens (tertiary/aromatic N) is 2. The van der Waals surface area contributed by atoms with Crippen molar-refractivity contribution in [1.82, 2.24) is 14.9 Å². The first-order valence-corrected chi connectivity index (χ1v) is 10.4. The molecule has 0 fully saturated rings. The molecule has 0 radical (unpaired) electrons. The third kappa shape index (κ3) is 4.62. The van der Waals surface area contributed by atoms with Crippen LogP contribution >= 0.6 is 0 Å². The molecule has 4 aromatic rings. The lowest BCUT2D eigenvalue weighted by Crippen LogP contribution is -2.34. The Labute approximate surface area is 186 Å². The Morgan fingerprint density at radius 3 is 2.34 bits per heavy atom. The molecule has 7 heteroatoms. The van der Waals surface area contributed by atoms with Crippen molar-refractivity contribution < 1.29 is 9.59 Å². The Balaban J connectivity index is 1.46. The van der Waals surface area contributed by atoms with Crippen LogP contribution < -0.4 is 16.0 Å². The Hall–Kier alpha value is -4.13. The Bertz CT molecular complexity index is 1280. The fourth-order valence-electron chi connectivity index (χ4n) is 3.48. The van der Waals surface area contributed by atoms with Gasteiger partial charge in [-0.05, 0) is 68.4 Å². The lowest BCUT2D eigenvalue weighted by molar-refractivity contribution is 0.102. The summed E-state index contributed by atoms with van der Waals surface area (Å²) < 4.78 is 2.05. The number of carbonyl (C=O) groups is 2. The van der Waals surface area contributed by atoms with Gasteiger partial charge in [0.25, 0.3) is 5.91 Å². The van der Waals surface area contributed by atoms with E-state index in [4.69, 9.17) is 4.98 Å². The lowest BCUT2D eigenvalue weighted by Gasteiger charge is -2.11. The zero-order chi connectivity index (χ0) is 22.7. The first kappa shape index (κ1) is 21.1. The number of aromatic nitrogens is 2. The smallest absolute Gasteiger partial charge is 0.319 e. The summed E-state index contributed by atoms with van der Waals surface area (Å²) in [5, 5.41) is 8.38. The van der Waals surface area contributed by atoms with E-state index >= 15 is 0 Å². The van der Waals surface area contributed by atoms with Gasteiger partial charge in [0.05, 0.1) is 11.0 Å². The topological polar surface area (TPSA) is 88.1 Å². The third-order valence-electron chi connectivity index (χ3n) is 4.99. The number of amides is 3. The first-order valence-electron chi connectivity index (χ1n) is 10.4. The molecule has 7 nitrogen and oxygen atoms in total. The van der Waals surface area contributed by atoms with Gasteiger partial charge in [0, 0.05) is 35.6 Å². The minimum atomic E-state index is -0.310. The summed E-state index contributed by atoms with van der Waals surface area (Å²) in [6.07, 6.45) is 0. The Kier molecular flexibility index (Phi) is 5.89. The van der Waals surface area contributed by atoms with Crippen LogP contribution in [0.3, 0.4) is 0 Å². The van der Waals surface area contributed by atoms with E-state index in [0.29, 0.717) is 16.9 Å². The maximum Gasteiger partial charge on any atom is 0.319 e.